The van der Waals surface area contributed by atoms with Crippen LogP contribution in [0.5, 0.6) is 0 Å². The number of para-hydroxylation sites is 1. The maximum absolute atomic E-state index is 4.94. The predicted octanol–water partition coefficient (Wildman–Crippen LogP) is 2.06. The Kier molecular flexibility index (Phi) is 3.63. The molecule has 0 saturated carbocycles. The minimum atomic E-state index is 0.438. The third kappa shape index (κ3) is 2.66. The Labute approximate surface area is 146 Å². The number of rotatable bonds is 4. The van der Waals surface area contributed by atoms with Crippen LogP contribution in [0.4, 0.5) is 0 Å². The van der Waals surface area contributed by atoms with Crippen molar-refractivity contribution in [1.29, 1.82) is 0 Å². The highest BCUT2D eigenvalue weighted by Gasteiger charge is 2.24. The molecule has 0 spiro atoms. The number of aromatic nitrogens is 5. The van der Waals surface area contributed by atoms with Gasteiger partial charge in [0.2, 0.25) is 0 Å². The van der Waals surface area contributed by atoms with Gasteiger partial charge in [0.15, 0.2) is 0 Å². The van der Waals surface area contributed by atoms with Crippen molar-refractivity contribution in [3.63, 3.8) is 0 Å². The fourth-order valence-corrected chi connectivity index (χ4v) is 4.08. The molecule has 1 aliphatic heterocycles. The second-order valence-corrected chi connectivity index (χ2v) is 6.95. The van der Waals surface area contributed by atoms with E-state index in [1.807, 2.05) is 4.68 Å². The van der Waals surface area contributed by atoms with Gasteiger partial charge in [0.05, 0.1) is 17.9 Å². The van der Waals surface area contributed by atoms with E-state index >= 15 is 0 Å². The van der Waals surface area contributed by atoms with Gasteiger partial charge >= 0.3 is 0 Å². The number of aryl methyl sites for hydroxylation is 1. The van der Waals surface area contributed by atoms with E-state index < -0.39 is 0 Å². The molecule has 2 aromatic heterocycles. The molecule has 0 unspecified atom stereocenters. The molecule has 5 rings (SSSR count). The molecule has 3 aromatic rings. The second-order valence-electron chi connectivity index (χ2n) is 6.95. The van der Waals surface area contributed by atoms with Gasteiger partial charge in [-0.25, -0.2) is 14.3 Å². The zero-order chi connectivity index (χ0) is 16.6. The molecule has 0 bridgehead atoms. The van der Waals surface area contributed by atoms with Gasteiger partial charge in [-0.15, -0.1) is 0 Å². The van der Waals surface area contributed by atoms with Gasteiger partial charge in [-0.05, 0) is 43.4 Å². The molecular weight excluding hydrogens is 312 g/mol. The molecule has 25 heavy (non-hydrogen) atoms. The molecule has 1 aromatic carbocycles. The summed E-state index contributed by atoms with van der Waals surface area (Å²) in [5, 5.41) is 12.9. The van der Waals surface area contributed by atoms with Gasteiger partial charge in [0.25, 0.3) is 0 Å². The molecule has 1 N–H and O–H groups in total. The van der Waals surface area contributed by atoms with Crippen molar-refractivity contribution in [3.8, 4) is 5.69 Å². The van der Waals surface area contributed by atoms with Crippen molar-refractivity contribution in [2.45, 2.75) is 51.2 Å². The lowest BCUT2D eigenvalue weighted by Crippen LogP contribution is -2.37. The summed E-state index contributed by atoms with van der Waals surface area (Å²) in [7, 11) is 0. The molecular formula is C19H22N6. The van der Waals surface area contributed by atoms with Gasteiger partial charge in [0, 0.05) is 24.7 Å². The minimum absolute atomic E-state index is 0.438. The normalized spacial score (nSPS) is 19.0. The van der Waals surface area contributed by atoms with Crippen LogP contribution in [-0.2, 0) is 32.4 Å². The monoisotopic (exact) mass is 334 g/mol. The highest BCUT2D eigenvalue weighted by molar-refractivity contribution is 5.39. The Balaban J connectivity index is 1.35. The number of hydrogen-bond acceptors (Lipinski definition) is 4. The highest BCUT2D eigenvalue weighted by Crippen LogP contribution is 2.28. The molecule has 1 aliphatic carbocycles. The van der Waals surface area contributed by atoms with Crippen LogP contribution in [-0.4, -0.2) is 30.6 Å². The molecule has 0 saturated heterocycles. The molecule has 3 heterocycles. The van der Waals surface area contributed by atoms with Crippen molar-refractivity contribution in [1.82, 2.24) is 29.9 Å². The van der Waals surface area contributed by atoms with Crippen molar-refractivity contribution in [3.05, 3.63) is 59.4 Å². The van der Waals surface area contributed by atoms with E-state index in [1.165, 1.54) is 23.4 Å². The summed E-state index contributed by atoms with van der Waals surface area (Å²) in [6.07, 6.45) is 7.28. The van der Waals surface area contributed by atoms with Crippen LogP contribution in [0.1, 0.15) is 35.6 Å². The number of benzene rings is 1. The second kappa shape index (κ2) is 6.11. The zero-order valence-corrected chi connectivity index (χ0v) is 14.2. The standard InChI is InChI=1S/C19H22N6/c1-2-5-15(6-3-1)25-18-8-4-7-16(18)17(23-25)11-20-14-9-10-19-21-13-22-24(19)12-14/h1-3,5-6,13-14,20H,4,7-12H2/t14-/m0/s1. The third-order valence-electron chi connectivity index (χ3n) is 5.38. The summed E-state index contributed by atoms with van der Waals surface area (Å²) in [6, 6.07) is 10.9. The van der Waals surface area contributed by atoms with Crippen LogP contribution >= 0.6 is 0 Å². The van der Waals surface area contributed by atoms with Gasteiger partial charge in [0.1, 0.15) is 12.2 Å². The summed E-state index contributed by atoms with van der Waals surface area (Å²) in [4.78, 5) is 4.30. The summed E-state index contributed by atoms with van der Waals surface area (Å²) in [5.41, 5.74) is 5.22. The summed E-state index contributed by atoms with van der Waals surface area (Å²) in [5.74, 6) is 1.10. The maximum Gasteiger partial charge on any atom is 0.138 e. The topological polar surface area (TPSA) is 60.6 Å². The smallest absolute Gasteiger partial charge is 0.138 e. The van der Waals surface area contributed by atoms with Crippen LogP contribution in [0.3, 0.4) is 0 Å². The largest absolute Gasteiger partial charge is 0.306 e. The van der Waals surface area contributed by atoms with Crippen LogP contribution < -0.4 is 5.32 Å². The number of nitrogens with one attached hydrogen (secondary N) is 1. The Morgan fingerprint density at radius 3 is 2.96 bits per heavy atom. The fraction of sp³-hybridized carbons (Fsp3) is 0.421. The third-order valence-corrected chi connectivity index (χ3v) is 5.38. The van der Waals surface area contributed by atoms with Crippen LogP contribution in [0.25, 0.3) is 5.69 Å². The van der Waals surface area contributed by atoms with E-state index in [9.17, 15) is 0 Å². The van der Waals surface area contributed by atoms with Gasteiger partial charge < -0.3 is 5.32 Å². The quantitative estimate of drug-likeness (QED) is 0.793. The summed E-state index contributed by atoms with van der Waals surface area (Å²) in [6.45, 7) is 1.73. The lowest BCUT2D eigenvalue weighted by Gasteiger charge is -2.23. The number of fused-ring (bicyclic) bond motifs is 2. The Morgan fingerprint density at radius 2 is 2.04 bits per heavy atom. The Morgan fingerprint density at radius 1 is 1.12 bits per heavy atom. The molecule has 0 amide bonds. The lowest BCUT2D eigenvalue weighted by molar-refractivity contribution is 0.356. The molecule has 1 atom stereocenters. The molecule has 0 fully saturated rings. The van der Waals surface area contributed by atoms with E-state index in [2.05, 4.69) is 50.4 Å². The number of hydrogen-bond donors (Lipinski definition) is 1. The predicted molar refractivity (Wildman–Crippen MR) is 94.6 cm³/mol. The lowest BCUT2D eigenvalue weighted by atomic mass is 10.1. The van der Waals surface area contributed by atoms with Crippen molar-refractivity contribution >= 4 is 0 Å². The van der Waals surface area contributed by atoms with E-state index in [1.54, 1.807) is 6.33 Å². The van der Waals surface area contributed by atoms with Gasteiger partial charge in [-0.1, -0.05) is 18.2 Å². The van der Waals surface area contributed by atoms with E-state index in [4.69, 9.17) is 5.10 Å². The first-order chi connectivity index (χ1) is 12.4. The van der Waals surface area contributed by atoms with E-state index in [0.29, 0.717) is 6.04 Å². The average molecular weight is 334 g/mol. The highest BCUT2D eigenvalue weighted by atomic mass is 15.3. The Bertz CT molecular complexity index is 879. The summed E-state index contributed by atoms with van der Waals surface area (Å²) >= 11 is 0. The van der Waals surface area contributed by atoms with Crippen LogP contribution in [0, 0.1) is 0 Å². The van der Waals surface area contributed by atoms with Gasteiger partial charge in [-0.3, -0.25) is 0 Å². The number of nitrogens with zero attached hydrogens (tertiary/aromatic N) is 5. The van der Waals surface area contributed by atoms with Crippen LogP contribution in [0.2, 0.25) is 0 Å². The van der Waals surface area contributed by atoms with Gasteiger partial charge in [-0.2, -0.15) is 10.2 Å². The summed E-state index contributed by atoms with van der Waals surface area (Å²) < 4.78 is 4.17. The van der Waals surface area contributed by atoms with Crippen LogP contribution in [0.15, 0.2) is 36.7 Å². The van der Waals surface area contributed by atoms with Crippen molar-refractivity contribution in [2.24, 2.45) is 0 Å². The fourth-order valence-electron chi connectivity index (χ4n) is 4.08. The Hall–Kier alpha value is -2.47. The van der Waals surface area contributed by atoms with Crippen molar-refractivity contribution in [2.75, 3.05) is 0 Å². The first-order valence-corrected chi connectivity index (χ1v) is 9.13. The SMILES string of the molecule is c1ccc(-n2nc(CN[C@H]3CCc4ncnn4C3)c3c2CCC3)cc1. The first-order valence-electron chi connectivity index (χ1n) is 9.13. The maximum atomic E-state index is 4.94. The van der Waals surface area contributed by atoms with E-state index in [-0.39, 0.29) is 0 Å². The molecule has 2 aliphatic rings. The molecule has 0 radical (unpaired) electrons. The van der Waals surface area contributed by atoms with E-state index in [0.717, 1.165) is 50.3 Å². The average Bonchev–Trinajstić information content (AvgIpc) is 3.37. The minimum Gasteiger partial charge on any atom is -0.306 e. The van der Waals surface area contributed by atoms with Crippen molar-refractivity contribution < 1.29 is 0 Å². The zero-order valence-electron chi connectivity index (χ0n) is 14.2. The molecule has 6 heteroatoms. The molecule has 6 nitrogen and oxygen atoms in total. The first kappa shape index (κ1) is 14.8. The molecule has 128 valence electrons.